The molecule has 0 spiro atoms. The number of rotatable bonds is 2. The molecule has 4 heteroatoms. The summed E-state index contributed by atoms with van der Waals surface area (Å²) in [6.45, 7) is 0. The number of pyridine rings is 1. The van der Waals surface area contributed by atoms with E-state index in [4.69, 9.17) is 0 Å². The summed E-state index contributed by atoms with van der Waals surface area (Å²) in [6, 6.07) is 4.64. The number of hydrogen-bond donors (Lipinski definition) is 1. The first kappa shape index (κ1) is 12.3. The van der Waals surface area contributed by atoms with Crippen molar-refractivity contribution in [2.45, 2.75) is 38.1 Å². The fraction of sp³-hybridized carbons (Fsp3) is 0.625. The highest BCUT2D eigenvalue weighted by Crippen LogP contribution is 2.58. The number of carbonyl (C=O) groups is 1. The van der Waals surface area contributed by atoms with Gasteiger partial charge in [-0.1, -0.05) is 12.5 Å². The highest BCUT2D eigenvalue weighted by atomic mass is 19.1. The van der Waals surface area contributed by atoms with E-state index in [1.54, 1.807) is 6.07 Å². The van der Waals surface area contributed by atoms with Gasteiger partial charge in [-0.05, 0) is 61.5 Å². The molecular formula is C16H19FN2O. The zero-order chi connectivity index (χ0) is 13.7. The second-order valence-corrected chi connectivity index (χ2v) is 6.58. The van der Waals surface area contributed by atoms with Crippen molar-refractivity contribution in [2.24, 2.45) is 23.7 Å². The maximum absolute atomic E-state index is 13.1. The molecule has 3 aliphatic carbocycles. The van der Waals surface area contributed by atoms with E-state index in [0.29, 0.717) is 5.92 Å². The van der Waals surface area contributed by atoms with E-state index in [0.717, 1.165) is 24.2 Å². The lowest BCUT2D eigenvalue weighted by Crippen LogP contribution is -2.42. The largest absolute Gasteiger partial charge is 0.348 e. The zero-order valence-electron chi connectivity index (χ0n) is 11.4. The normalized spacial score (nSPS) is 38.0. The second-order valence-electron chi connectivity index (χ2n) is 6.58. The van der Waals surface area contributed by atoms with Gasteiger partial charge in [-0.25, -0.2) is 4.98 Å². The van der Waals surface area contributed by atoms with Crippen molar-refractivity contribution in [2.75, 3.05) is 0 Å². The lowest BCUT2D eigenvalue weighted by atomic mass is 9.79. The molecule has 106 valence electrons. The van der Waals surface area contributed by atoms with E-state index >= 15 is 0 Å². The van der Waals surface area contributed by atoms with Crippen molar-refractivity contribution in [1.82, 2.24) is 10.3 Å². The van der Waals surface area contributed by atoms with Crippen molar-refractivity contribution in [3.8, 4) is 0 Å². The summed E-state index contributed by atoms with van der Waals surface area (Å²) in [6.07, 6.45) is 6.45. The summed E-state index contributed by atoms with van der Waals surface area (Å²) < 4.78 is 13.1. The predicted molar refractivity (Wildman–Crippen MR) is 72.5 cm³/mol. The van der Waals surface area contributed by atoms with Crippen molar-refractivity contribution in [3.05, 3.63) is 29.8 Å². The monoisotopic (exact) mass is 274 g/mol. The molecule has 0 saturated heterocycles. The third-order valence-corrected chi connectivity index (χ3v) is 5.69. The zero-order valence-corrected chi connectivity index (χ0v) is 11.4. The van der Waals surface area contributed by atoms with E-state index in [9.17, 15) is 9.18 Å². The maximum atomic E-state index is 13.1. The van der Waals surface area contributed by atoms with Gasteiger partial charge in [-0.2, -0.15) is 4.39 Å². The number of nitrogens with zero attached hydrogens (tertiary/aromatic N) is 1. The molecule has 0 aliphatic heterocycles. The molecule has 4 rings (SSSR count). The Labute approximate surface area is 118 Å². The van der Waals surface area contributed by atoms with Gasteiger partial charge in [0.25, 0.3) is 5.91 Å². The Morgan fingerprint density at radius 3 is 2.90 bits per heavy atom. The van der Waals surface area contributed by atoms with Crippen LogP contribution in [0.5, 0.6) is 0 Å². The molecule has 0 aromatic carbocycles. The van der Waals surface area contributed by atoms with Crippen LogP contribution in [0, 0.1) is 29.6 Å². The summed E-state index contributed by atoms with van der Waals surface area (Å²) in [5, 5.41) is 3.10. The standard InChI is InChI=1S/C16H19FN2O/c17-15-6-2-5-13(18-15)16(20)19-14-8-9-7-12(14)11-4-1-3-10(9)11/h2,5-6,9-12,14H,1,3-4,7-8H2,(H,19,20). The molecule has 3 aliphatic rings. The van der Waals surface area contributed by atoms with Crippen LogP contribution in [0.1, 0.15) is 42.6 Å². The van der Waals surface area contributed by atoms with Crippen LogP contribution in [0.3, 0.4) is 0 Å². The first-order valence-corrected chi connectivity index (χ1v) is 7.66. The van der Waals surface area contributed by atoms with Crippen LogP contribution in [0.25, 0.3) is 0 Å². The lowest BCUT2D eigenvalue weighted by Gasteiger charge is -2.32. The minimum Gasteiger partial charge on any atom is -0.348 e. The van der Waals surface area contributed by atoms with E-state index in [2.05, 4.69) is 10.3 Å². The molecule has 1 amide bonds. The summed E-state index contributed by atoms with van der Waals surface area (Å²) in [5.74, 6) is 2.36. The highest BCUT2D eigenvalue weighted by molar-refractivity contribution is 5.92. The lowest BCUT2D eigenvalue weighted by molar-refractivity contribution is 0.0895. The average Bonchev–Trinajstić information content (AvgIpc) is 3.10. The van der Waals surface area contributed by atoms with E-state index < -0.39 is 5.95 Å². The molecule has 2 bridgehead atoms. The van der Waals surface area contributed by atoms with Gasteiger partial charge >= 0.3 is 0 Å². The molecule has 3 fully saturated rings. The molecule has 0 radical (unpaired) electrons. The van der Waals surface area contributed by atoms with Crippen molar-refractivity contribution >= 4 is 5.91 Å². The fourth-order valence-corrected chi connectivity index (χ4v) is 5.01. The van der Waals surface area contributed by atoms with Crippen molar-refractivity contribution in [3.63, 3.8) is 0 Å². The Morgan fingerprint density at radius 2 is 2.05 bits per heavy atom. The van der Waals surface area contributed by atoms with Gasteiger partial charge in [0.1, 0.15) is 5.69 Å². The van der Waals surface area contributed by atoms with E-state index in [1.807, 2.05) is 0 Å². The quantitative estimate of drug-likeness (QED) is 0.843. The molecule has 5 unspecified atom stereocenters. The van der Waals surface area contributed by atoms with Crippen LogP contribution >= 0.6 is 0 Å². The highest BCUT2D eigenvalue weighted by Gasteiger charge is 2.54. The van der Waals surface area contributed by atoms with Gasteiger partial charge < -0.3 is 5.32 Å². The number of halogens is 1. The van der Waals surface area contributed by atoms with Gasteiger partial charge in [0.2, 0.25) is 5.95 Å². The molecule has 1 aromatic heterocycles. The third-order valence-electron chi connectivity index (χ3n) is 5.69. The second kappa shape index (κ2) is 4.54. The molecule has 1 heterocycles. The number of nitrogens with one attached hydrogen (secondary N) is 1. The molecule has 1 aromatic rings. The van der Waals surface area contributed by atoms with E-state index in [-0.39, 0.29) is 17.6 Å². The number of aromatic nitrogens is 1. The summed E-state index contributed by atoms with van der Waals surface area (Å²) >= 11 is 0. The topological polar surface area (TPSA) is 42.0 Å². The number of amides is 1. The van der Waals surface area contributed by atoms with Gasteiger partial charge in [0.05, 0.1) is 0 Å². The van der Waals surface area contributed by atoms with Crippen LogP contribution < -0.4 is 5.32 Å². The van der Waals surface area contributed by atoms with Gasteiger partial charge in [0.15, 0.2) is 0 Å². The van der Waals surface area contributed by atoms with Crippen molar-refractivity contribution < 1.29 is 9.18 Å². The Hall–Kier alpha value is -1.45. The minimum atomic E-state index is -0.596. The van der Waals surface area contributed by atoms with Crippen LogP contribution in [0.2, 0.25) is 0 Å². The summed E-state index contributed by atoms with van der Waals surface area (Å²) in [4.78, 5) is 15.8. The Balaban J connectivity index is 1.47. The summed E-state index contributed by atoms with van der Waals surface area (Å²) in [5.41, 5.74) is 0.191. The Kier molecular flexibility index (Phi) is 2.79. The van der Waals surface area contributed by atoms with Crippen molar-refractivity contribution in [1.29, 1.82) is 0 Å². The molecule has 20 heavy (non-hydrogen) atoms. The minimum absolute atomic E-state index is 0.191. The van der Waals surface area contributed by atoms with E-state index in [1.165, 1.54) is 37.8 Å². The molecule has 3 saturated carbocycles. The average molecular weight is 274 g/mol. The SMILES string of the molecule is O=C(NC1CC2CC1C1CCCC21)c1cccc(F)n1. The van der Waals surface area contributed by atoms with Crippen LogP contribution in [-0.4, -0.2) is 16.9 Å². The fourth-order valence-electron chi connectivity index (χ4n) is 5.01. The van der Waals surface area contributed by atoms with Gasteiger partial charge in [0, 0.05) is 6.04 Å². The first-order valence-electron chi connectivity index (χ1n) is 7.66. The molecule has 1 N–H and O–H groups in total. The maximum Gasteiger partial charge on any atom is 0.270 e. The van der Waals surface area contributed by atoms with Gasteiger partial charge in [-0.15, -0.1) is 0 Å². The summed E-state index contributed by atoms with van der Waals surface area (Å²) in [7, 11) is 0. The number of carbonyl (C=O) groups excluding carboxylic acids is 1. The Morgan fingerprint density at radius 1 is 1.20 bits per heavy atom. The molecule has 5 atom stereocenters. The van der Waals surface area contributed by atoms with Gasteiger partial charge in [-0.3, -0.25) is 4.79 Å². The Bertz CT molecular complexity index is 547. The predicted octanol–water partition coefficient (Wildman–Crippen LogP) is 2.78. The first-order chi connectivity index (χ1) is 9.72. The van der Waals surface area contributed by atoms with Crippen LogP contribution in [0.4, 0.5) is 4.39 Å². The van der Waals surface area contributed by atoms with Crippen LogP contribution in [0.15, 0.2) is 18.2 Å². The smallest absolute Gasteiger partial charge is 0.270 e. The molecule has 3 nitrogen and oxygen atoms in total. The number of hydrogen-bond acceptors (Lipinski definition) is 2. The molecular weight excluding hydrogens is 255 g/mol. The third kappa shape index (κ3) is 1.85. The number of fused-ring (bicyclic) bond motifs is 5. The van der Waals surface area contributed by atoms with Crippen LogP contribution in [-0.2, 0) is 0 Å².